The van der Waals surface area contributed by atoms with E-state index in [1.807, 2.05) is 0 Å². The maximum atomic E-state index is 12.3. The number of hydrogen-bond acceptors (Lipinski definition) is 5. The van der Waals surface area contributed by atoms with Gasteiger partial charge in [0.2, 0.25) is 15.9 Å². The second-order valence-corrected chi connectivity index (χ2v) is 7.58. The fraction of sp³-hybridized carbons (Fsp3) is 0.211. The van der Waals surface area contributed by atoms with Gasteiger partial charge < -0.3 is 14.8 Å². The Bertz CT molecular complexity index is 994. The number of rotatable bonds is 9. The topological polar surface area (TPSA) is 93.7 Å². The summed E-state index contributed by atoms with van der Waals surface area (Å²) in [5.41, 5.74) is 1.15. The van der Waals surface area contributed by atoms with Gasteiger partial charge in [-0.1, -0.05) is 18.2 Å². The lowest BCUT2D eigenvalue weighted by Crippen LogP contribution is -2.21. The first-order valence-corrected chi connectivity index (χ1v) is 9.84. The smallest absolute Gasteiger partial charge is 0.387 e. The van der Waals surface area contributed by atoms with Crippen LogP contribution in [0.15, 0.2) is 53.4 Å². The highest BCUT2D eigenvalue weighted by atomic mass is 32.2. The molecule has 0 radical (unpaired) electrons. The third-order valence-electron chi connectivity index (χ3n) is 3.78. The van der Waals surface area contributed by atoms with Crippen molar-refractivity contribution in [2.24, 2.45) is 0 Å². The van der Waals surface area contributed by atoms with E-state index in [1.165, 1.54) is 56.6 Å². The highest BCUT2D eigenvalue weighted by molar-refractivity contribution is 7.89. The Morgan fingerprint density at radius 3 is 2.59 bits per heavy atom. The number of ether oxygens (including phenoxy) is 2. The Kier molecular flexibility index (Phi) is 7.68. The lowest BCUT2D eigenvalue weighted by atomic mass is 10.2. The Morgan fingerprint density at radius 2 is 1.93 bits per heavy atom. The number of halogens is 2. The first kappa shape index (κ1) is 22.3. The summed E-state index contributed by atoms with van der Waals surface area (Å²) in [6.45, 7) is -2.85. The fourth-order valence-electron chi connectivity index (χ4n) is 2.34. The van der Waals surface area contributed by atoms with Crippen molar-refractivity contribution >= 4 is 22.0 Å². The van der Waals surface area contributed by atoms with Crippen molar-refractivity contribution < 1.29 is 31.5 Å². The summed E-state index contributed by atoms with van der Waals surface area (Å²) < 4.78 is 59.9. The van der Waals surface area contributed by atoms with Crippen molar-refractivity contribution in [2.45, 2.75) is 18.1 Å². The predicted octanol–water partition coefficient (Wildman–Crippen LogP) is 2.53. The molecule has 0 fully saturated rings. The van der Waals surface area contributed by atoms with Gasteiger partial charge in [0.1, 0.15) is 0 Å². The van der Waals surface area contributed by atoms with Crippen LogP contribution in [0.2, 0.25) is 0 Å². The van der Waals surface area contributed by atoms with Crippen LogP contribution in [0.25, 0.3) is 6.08 Å². The molecule has 0 aliphatic rings. The molecule has 2 aromatic rings. The van der Waals surface area contributed by atoms with Gasteiger partial charge in [0.25, 0.3) is 0 Å². The monoisotopic (exact) mass is 426 g/mol. The first-order chi connectivity index (χ1) is 13.7. The molecule has 2 N–H and O–H groups in total. The van der Waals surface area contributed by atoms with Gasteiger partial charge in [-0.15, -0.1) is 0 Å². The lowest BCUT2D eigenvalue weighted by molar-refractivity contribution is -0.116. The average Bonchev–Trinajstić information content (AvgIpc) is 2.71. The SMILES string of the molecule is CNS(=O)(=O)c1cccc(CNC(=O)/C=C/c2ccc(OC(F)F)c(OC)c2)c1. The average molecular weight is 426 g/mol. The van der Waals surface area contributed by atoms with E-state index in [1.54, 1.807) is 12.1 Å². The van der Waals surface area contributed by atoms with Crippen LogP contribution >= 0.6 is 0 Å². The maximum absolute atomic E-state index is 12.3. The van der Waals surface area contributed by atoms with Crippen LogP contribution in [-0.4, -0.2) is 35.1 Å². The van der Waals surface area contributed by atoms with E-state index in [2.05, 4.69) is 14.8 Å². The van der Waals surface area contributed by atoms with Crippen LogP contribution in [0, 0.1) is 0 Å². The molecule has 0 unspecified atom stereocenters. The summed E-state index contributed by atoms with van der Waals surface area (Å²) in [6.07, 6.45) is 2.74. The van der Waals surface area contributed by atoms with Gasteiger partial charge in [-0.2, -0.15) is 8.78 Å². The molecule has 10 heteroatoms. The van der Waals surface area contributed by atoms with Crippen molar-refractivity contribution in [3.63, 3.8) is 0 Å². The number of sulfonamides is 1. The molecule has 0 heterocycles. The number of nitrogens with one attached hydrogen (secondary N) is 2. The minimum absolute atomic E-state index is 0.0977. The third-order valence-corrected chi connectivity index (χ3v) is 5.19. The summed E-state index contributed by atoms with van der Waals surface area (Å²) in [5, 5.41) is 2.64. The second-order valence-electron chi connectivity index (χ2n) is 5.69. The molecule has 0 saturated carbocycles. The van der Waals surface area contributed by atoms with Gasteiger partial charge in [-0.25, -0.2) is 13.1 Å². The molecule has 7 nitrogen and oxygen atoms in total. The Hall–Kier alpha value is -2.98. The van der Waals surface area contributed by atoms with Crippen molar-refractivity contribution in [2.75, 3.05) is 14.2 Å². The van der Waals surface area contributed by atoms with E-state index in [4.69, 9.17) is 4.74 Å². The number of benzene rings is 2. The summed E-state index contributed by atoms with van der Waals surface area (Å²) in [7, 11) is -0.938. The quantitative estimate of drug-likeness (QED) is 0.601. The van der Waals surface area contributed by atoms with Crippen molar-refractivity contribution in [1.29, 1.82) is 0 Å². The minimum atomic E-state index is -3.57. The number of alkyl halides is 2. The van der Waals surface area contributed by atoms with Gasteiger partial charge in [0, 0.05) is 12.6 Å². The van der Waals surface area contributed by atoms with Crippen LogP contribution in [0.4, 0.5) is 8.78 Å². The molecule has 156 valence electrons. The maximum Gasteiger partial charge on any atom is 0.387 e. The van der Waals surface area contributed by atoms with E-state index in [9.17, 15) is 22.0 Å². The van der Waals surface area contributed by atoms with Crippen LogP contribution in [-0.2, 0) is 21.4 Å². The number of carbonyl (C=O) groups is 1. The molecule has 0 aromatic heterocycles. The zero-order valence-corrected chi connectivity index (χ0v) is 16.5. The standard InChI is InChI=1S/C19H20F2N2O5S/c1-22-29(25,26)15-5-3-4-14(10-15)12-23-18(24)9-7-13-6-8-16(28-19(20)21)17(11-13)27-2/h3-11,19,22H,12H2,1-2H3,(H,23,24)/b9-7+. The summed E-state index contributed by atoms with van der Waals surface area (Å²) in [6, 6.07) is 10.4. The zero-order valence-electron chi connectivity index (χ0n) is 15.7. The molecule has 2 aromatic carbocycles. The third kappa shape index (κ3) is 6.54. The Labute approximate surface area is 167 Å². The van der Waals surface area contributed by atoms with E-state index >= 15 is 0 Å². The molecule has 2 rings (SSSR count). The van der Waals surface area contributed by atoms with Crippen LogP contribution < -0.4 is 19.5 Å². The number of methoxy groups -OCH3 is 1. The number of hydrogen-bond donors (Lipinski definition) is 2. The van der Waals surface area contributed by atoms with Crippen molar-refractivity contribution in [3.8, 4) is 11.5 Å². The molecule has 0 atom stereocenters. The summed E-state index contributed by atoms with van der Waals surface area (Å²) in [5.74, 6) is -0.422. The van der Waals surface area contributed by atoms with Crippen molar-refractivity contribution in [1.82, 2.24) is 10.0 Å². The fourth-order valence-corrected chi connectivity index (χ4v) is 3.14. The molecule has 0 spiro atoms. The molecule has 29 heavy (non-hydrogen) atoms. The molecule has 0 aliphatic heterocycles. The molecule has 1 amide bonds. The van der Waals surface area contributed by atoms with Gasteiger partial charge in [-0.3, -0.25) is 4.79 Å². The van der Waals surface area contributed by atoms with Gasteiger partial charge in [0.05, 0.1) is 12.0 Å². The van der Waals surface area contributed by atoms with Gasteiger partial charge >= 0.3 is 6.61 Å². The molecule has 0 bridgehead atoms. The minimum Gasteiger partial charge on any atom is -0.493 e. The molecule has 0 saturated heterocycles. The van der Waals surface area contributed by atoms with E-state index in [-0.39, 0.29) is 22.9 Å². The summed E-state index contributed by atoms with van der Waals surface area (Å²) in [4.78, 5) is 12.1. The van der Waals surface area contributed by atoms with Crippen molar-refractivity contribution in [3.05, 3.63) is 59.7 Å². The lowest BCUT2D eigenvalue weighted by Gasteiger charge is -2.10. The zero-order chi connectivity index (χ0) is 21.4. The molecule has 0 aliphatic carbocycles. The molecular formula is C19H20F2N2O5S. The van der Waals surface area contributed by atoms with Crippen LogP contribution in [0.5, 0.6) is 11.5 Å². The Balaban J connectivity index is 2.01. The summed E-state index contributed by atoms with van der Waals surface area (Å²) >= 11 is 0. The number of carbonyl (C=O) groups excluding carboxylic acids is 1. The van der Waals surface area contributed by atoms with Crippen LogP contribution in [0.3, 0.4) is 0 Å². The Morgan fingerprint density at radius 1 is 1.17 bits per heavy atom. The van der Waals surface area contributed by atoms with Gasteiger partial charge in [0.15, 0.2) is 11.5 Å². The van der Waals surface area contributed by atoms with E-state index in [0.29, 0.717) is 11.1 Å². The van der Waals surface area contributed by atoms with Crippen LogP contribution in [0.1, 0.15) is 11.1 Å². The normalized spacial score (nSPS) is 11.6. The van der Waals surface area contributed by atoms with E-state index in [0.717, 1.165) is 0 Å². The van der Waals surface area contributed by atoms with Gasteiger partial charge in [-0.05, 0) is 48.5 Å². The number of amides is 1. The first-order valence-electron chi connectivity index (χ1n) is 8.36. The molecular weight excluding hydrogens is 406 g/mol. The highest BCUT2D eigenvalue weighted by Crippen LogP contribution is 2.29. The predicted molar refractivity (Wildman–Crippen MR) is 103 cm³/mol. The highest BCUT2D eigenvalue weighted by Gasteiger charge is 2.12. The largest absolute Gasteiger partial charge is 0.493 e. The second kappa shape index (κ2) is 9.99. The van der Waals surface area contributed by atoms with E-state index < -0.39 is 22.5 Å².